The van der Waals surface area contributed by atoms with Crippen LogP contribution in [0.1, 0.15) is 29.0 Å². The van der Waals surface area contributed by atoms with E-state index in [9.17, 15) is 4.79 Å². The number of halogens is 1. The van der Waals surface area contributed by atoms with Crippen molar-refractivity contribution in [2.75, 3.05) is 5.32 Å². The summed E-state index contributed by atoms with van der Waals surface area (Å²) < 4.78 is 1.08. The Kier molecular flexibility index (Phi) is 3.89. The first kappa shape index (κ1) is 13.8. The van der Waals surface area contributed by atoms with Crippen molar-refractivity contribution in [1.82, 2.24) is 4.98 Å². The lowest BCUT2D eigenvalue weighted by molar-refractivity contribution is -0.117. The van der Waals surface area contributed by atoms with Crippen molar-refractivity contribution in [3.63, 3.8) is 0 Å². The maximum Gasteiger partial charge on any atom is 0.229 e. The number of anilines is 1. The normalized spacial score (nSPS) is 14.3. The van der Waals surface area contributed by atoms with Gasteiger partial charge in [-0.2, -0.15) is 0 Å². The highest BCUT2D eigenvalue weighted by Crippen LogP contribution is 2.32. The van der Waals surface area contributed by atoms with Crippen LogP contribution in [0.2, 0.25) is 0 Å². The first-order valence-electron chi connectivity index (χ1n) is 6.63. The molecule has 2 aromatic rings. The van der Waals surface area contributed by atoms with Gasteiger partial charge in [0.1, 0.15) is 0 Å². The van der Waals surface area contributed by atoms with Gasteiger partial charge in [-0.3, -0.25) is 4.79 Å². The summed E-state index contributed by atoms with van der Waals surface area (Å²) in [5.74, 6) is 0.336. The Balaban J connectivity index is 1.71. The molecule has 0 aliphatic heterocycles. The van der Waals surface area contributed by atoms with Crippen LogP contribution in [0.4, 0.5) is 5.13 Å². The Morgan fingerprint density at radius 1 is 1.40 bits per heavy atom. The molecule has 1 saturated carbocycles. The number of rotatable bonds is 4. The van der Waals surface area contributed by atoms with E-state index in [0.717, 1.165) is 34.6 Å². The summed E-state index contributed by atoms with van der Waals surface area (Å²) in [7, 11) is 0. The van der Waals surface area contributed by atoms with Crippen molar-refractivity contribution in [1.29, 1.82) is 0 Å². The van der Waals surface area contributed by atoms with Gasteiger partial charge in [0.15, 0.2) is 5.13 Å². The third kappa shape index (κ3) is 3.27. The molecular formula is C15H15BrN2OS. The van der Waals surface area contributed by atoms with E-state index >= 15 is 0 Å². The molecule has 1 aromatic heterocycles. The Bertz CT molecular complexity index is 632. The first-order chi connectivity index (χ1) is 9.61. The van der Waals surface area contributed by atoms with Crippen LogP contribution in [-0.4, -0.2) is 10.9 Å². The lowest BCUT2D eigenvalue weighted by Gasteiger charge is -2.00. The number of carbonyl (C=O) groups excluding carboxylic acids is 1. The average Bonchev–Trinajstić information content (AvgIpc) is 3.20. The summed E-state index contributed by atoms with van der Waals surface area (Å²) in [6.45, 7) is 2.00. The van der Waals surface area contributed by atoms with E-state index in [4.69, 9.17) is 0 Å². The van der Waals surface area contributed by atoms with Crippen LogP contribution >= 0.6 is 27.3 Å². The number of aryl methyl sites for hydroxylation is 1. The highest BCUT2D eigenvalue weighted by Gasteiger charge is 2.30. The number of thiazole rings is 1. The van der Waals surface area contributed by atoms with Gasteiger partial charge in [0.2, 0.25) is 5.91 Å². The Hall–Kier alpha value is -1.20. The van der Waals surface area contributed by atoms with Crippen molar-refractivity contribution in [2.24, 2.45) is 5.92 Å². The van der Waals surface area contributed by atoms with Gasteiger partial charge < -0.3 is 5.32 Å². The van der Waals surface area contributed by atoms with Crippen molar-refractivity contribution >= 4 is 38.3 Å². The summed E-state index contributed by atoms with van der Waals surface area (Å²) in [6, 6.07) is 8.29. The van der Waals surface area contributed by atoms with Gasteiger partial charge in [-0.05, 0) is 37.5 Å². The number of hydrogen-bond acceptors (Lipinski definition) is 3. The van der Waals surface area contributed by atoms with Gasteiger partial charge >= 0.3 is 0 Å². The predicted molar refractivity (Wildman–Crippen MR) is 85.2 cm³/mol. The molecule has 104 valence electrons. The van der Waals surface area contributed by atoms with E-state index in [2.05, 4.69) is 38.4 Å². The molecule has 3 rings (SSSR count). The number of benzene rings is 1. The van der Waals surface area contributed by atoms with E-state index in [1.165, 1.54) is 10.4 Å². The fourth-order valence-electron chi connectivity index (χ4n) is 1.99. The molecule has 1 aliphatic carbocycles. The van der Waals surface area contributed by atoms with Crippen LogP contribution in [0.3, 0.4) is 0 Å². The second-order valence-corrected chi connectivity index (χ2v) is 7.09. The Morgan fingerprint density at radius 3 is 2.75 bits per heavy atom. The minimum atomic E-state index is 0.119. The molecule has 20 heavy (non-hydrogen) atoms. The van der Waals surface area contributed by atoms with Crippen LogP contribution in [0.25, 0.3) is 0 Å². The lowest BCUT2D eigenvalue weighted by atomic mass is 10.1. The molecule has 1 N–H and O–H groups in total. The van der Waals surface area contributed by atoms with Crippen LogP contribution in [0, 0.1) is 12.8 Å². The smallest absolute Gasteiger partial charge is 0.229 e. The molecule has 0 bridgehead atoms. The maximum absolute atomic E-state index is 11.7. The number of aromatic nitrogens is 1. The van der Waals surface area contributed by atoms with E-state index < -0.39 is 0 Å². The number of hydrogen-bond donors (Lipinski definition) is 1. The largest absolute Gasteiger partial charge is 0.302 e. The summed E-state index contributed by atoms with van der Waals surface area (Å²) in [5.41, 5.74) is 2.25. The van der Waals surface area contributed by atoms with Gasteiger partial charge in [-0.25, -0.2) is 4.98 Å². The van der Waals surface area contributed by atoms with Gasteiger partial charge in [0.05, 0.1) is 5.69 Å². The SMILES string of the molecule is Cc1nc(NC(=O)C2CC2)sc1Cc1ccc(Br)cc1. The topological polar surface area (TPSA) is 42.0 Å². The minimum absolute atomic E-state index is 0.119. The molecule has 1 fully saturated rings. The van der Waals surface area contributed by atoms with Gasteiger partial charge in [0, 0.05) is 21.7 Å². The van der Waals surface area contributed by atoms with E-state index in [1.807, 2.05) is 19.1 Å². The van der Waals surface area contributed by atoms with Crippen LogP contribution in [-0.2, 0) is 11.2 Å². The summed E-state index contributed by atoms with van der Waals surface area (Å²) in [6.07, 6.45) is 2.89. The Morgan fingerprint density at radius 2 is 2.10 bits per heavy atom. The fourth-order valence-corrected chi connectivity index (χ4v) is 3.25. The molecule has 1 aliphatic rings. The predicted octanol–water partition coefficient (Wildman–Crippen LogP) is 4.15. The molecule has 1 aromatic carbocycles. The van der Waals surface area contributed by atoms with Crippen molar-refractivity contribution in [2.45, 2.75) is 26.2 Å². The molecular weight excluding hydrogens is 336 g/mol. The monoisotopic (exact) mass is 350 g/mol. The molecule has 0 radical (unpaired) electrons. The summed E-state index contributed by atoms with van der Waals surface area (Å²) in [5, 5.41) is 3.65. The van der Waals surface area contributed by atoms with Crippen LogP contribution < -0.4 is 5.32 Å². The highest BCUT2D eigenvalue weighted by atomic mass is 79.9. The molecule has 0 unspecified atom stereocenters. The van der Waals surface area contributed by atoms with Gasteiger partial charge in [-0.15, -0.1) is 11.3 Å². The molecule has 5 heteroatoms. The zero-order valence-corrected chi connectivity index (χ0v) is 13.6. The maximum atomic E-state index is 11.7. The molecule has 1 heterocycles. The van der Waals surface area contributed by atoms with Crippen molar-refractivity contribution in [3.8, 4) is 0 Å². The number of carbonyl (C=O) groups is 1. The molecule has 3 nitrogen and oxygen atoms in total. The number of amides is 1. The third-order valence-electron chi connectivity index (χ3n) is 3.35. The summed E-state index contributed by atoms with van der Waals surface area (Å²) >= 11 is 5.02. The zero-order valence-electron chi connectivity index (χ0n) is 11.1. The molecule has 0 atom stereocenters. The average molecular weight is 351 g/mol. The van der Waals surface area contributed by atoms with Gasteiger partial charge in [0.25, 0.3) is 0 Å². The first-order valence-corrected chi connectivity index (χ1v) is 8.24. The standard InChI is InChI=1S/C15H15BrN2OS/c1-9-13(8-10-2-6-12(16)7-3-10)20-15(17-9)18-14(19)11-4-5-11/h2-3,6-7,11H,4-5,8H2,1H3,(H,17,18,19). The zero-order chi connectivity index (χ0) is 14.1. The minimum Gasteiger partial charge on any atom is -0.302 e. The van der Waals surface area contributed by atoms with Crippen molar-refractivity contribution < 1.29 is 4.79 Å². The van der Waals surface area contributed by atoms with Crippen LogP contribution in [0.15, 0.2) is 28.7 Å². The number of nitrogens with zero attached hydrogens (tertiary/aromatic N) is 1. The summed E-state index contributed by atoms with van der Waals surface area (Å²) in [4.78, 5) is 17.4. The van der Waals surface area contributed by atoms with Crippen molar-refractivity contribution in [3.05, 3.63) is 44.9 Å². The van der Waals surface area contributed by atoms with E-state index in [-0.39, 0.29) is 11.8 Å². The number of nitrogens with one attached hydrogen (secondary N) is 1. The van der Waals surface area contributed by atoms with E-state index in [1.54, 1.807) is 11.3 Å². The second-order valence-electron chi connectivity index (χ2n) is 5.09. The second kappa shape index (κ2) is 5.66. The third-order valence-corrected chi connectivity index (χ3v) is 4.95. The highest BCUT2D eigenvalue weighted by molar-refractivity contribution is 9.10. The molecule has 1 amide bonds. The molecule has 0 spiro atoms. The lowest BCUT2D eigenvalue weighted by Crippen LogP contribution is -2.12. The van der Waals surface area contributed by atoms with Crippen LogP contribution in [0.5, 0.6) is 0 Å². The fraction of sp³-hybridized carbons (Fsp3) is 0.333. The Labute approximate surface area is 130 Å². The van der Waals surface area contributed by atoms with Gasteiger partial charge in [-0.1, -0.05) is 28.1 Å². The molecule has 0 saturated heterocycles. The quantitative estimate of drug-likeness (QED) is 0.899. The van der Waals surface area contributed by atoms with E-state index in [0.29, 0.717) is 0 Å².